The lowest BCUT2D eigenvalue weighted by atomic mass is 10.2. The van der Waals surface area contributed by atoms with Gasteiger partial charge in [-0.3, -0.25) is 4.79 Å². The smallest absolute Gasteiger partial charge is 0.313 e. The number of aliphatic carboxylic acids is 1. The third kappa shape index (κ3) is 3.09. The van der Waals surface area contributed by atoms with Gasteiger partial charge in [-0.2, -0.15) is 0 Å². The number of likely N-dealkylation sites (tertiary alicyclic amines) is 1. The van der Waals surface area contributed by atoms with E-state index in [0.29, 0.717) is 6.04 Å². The summed E-state index contributed by atoms with van der Waals surface area (Å²) in [5, 5.41) is 9.72. The van der Waals surface area contributed by atoms with Crippen LogP contribution >= 0.6 is 27.7 Å². The fourth-order valence-electron chi connectivity index (χ4n) is 2.75. The van der Waals surface area contributed by atoms with Gasteiger partial charge in [-0.05, 0) is 38.2 Å². The van der Waals surface area contributed by atoms with E-state index in [2.05, 4.69) is 43.5 Å². The summed E-state index contributed by atoms with van der Waals surface area (Å²) in [6, 6.07) is 6.35. The number of carboxylic acids is 1. The SMILES string of the molecule is CN1CCC(n2c(SCC(=O)O)nc3ccc(Br)cc32)C1. The fourth-order valence-corrected chi connectivity index (χ4v) is 3.90. The van der Waals surface area contributed by atoms with Crippen molar-refractivity contribution in [3.05, 3.63) is 22.7 Å². The van der Waals surface area contributed by atoms with Crippen molar-refractivity contribution < 1.29 is 9.90 Å². The number of hydrogen-bond donors (Lipinski definition) is 1. The van der Waals surface area contributed by atoms with E-state index in [-0.39, 0.29) is 5.75 Å². The Morgan fingerprint density at radius 2 is 2.38 bits per heavy atom. The first-order chi connectivity index (χ1) is 10.0. The van der Waals surface area contributed by atoms with Gasteiger partial charge in [0.05, 0.1) is 22.8 Å². The second-order valence-electron chi connectivity index (χ2n) is 5.28. The van der Waals surface area contributed by atoms with Gasteiger partial charge in [-0.1, -0.05) is 27.7 Å². The minimum Gasteiger partial charge on any atom is -0.481 e. The van der Waals surface area contributed by atoms with Crippen molar-refractivity contribution in [3.8, 4) is 0 Å². The Balaban J connectivity index is 2.05. The van der Waals surface area contributed by atoms with E-state index in [4.69, 9.17) is 5.11 Å². The van der Waals surface area contributed by atoms with Crippen molar-refractivity contribution >= 4 is 44.7 Å². The molecule has 3 rings (SSSR count). The van der Waals surface area contributed by atoms with E-state index in [1.807, 2.05) is 12.1 Å². The molecule has 0 aliphatic carbocycles. The summed E-state index contributed by atoms with van der Waals surface area (Å²) in [6.07, 6.45) is 1.06. The number of fused-ring (bicyclic) bond motifs is 1. The average molecular weight is 370 g/mol. The second-order valence-corrected chi connectivity index (χ2v) is 7.14. The number of imidazole rings is 1. The summed E-state index contributed by atoms with van der Waals surface area (Å²) in [4.78, 5) is 17.8. The van der Waals surface area contributed by atoms with Crippen LogP contribution in [0.1, 0.15) is 12.5 Å². The van der Waals surface area contributed by atoms with E-state index in [1.165, 1.54) is 11.8 Å². The number of thioether (sulfide) groups is 1. The van der Waals surface area contributed by atoms with Crippen molar-refractivity contribution in [2.75, 3.05) is 25.9 Å². The highest BCUT2D eigenvalue weighted by Crippen LogP contribution is 2.33. The number of likely N-dealkylation sites (N-methyl/N-ethyl adjacent to an activating group) is 1. The first-order valence-corrected chi connectivity index (χ1v) is 8.53. The third-order valence-electron chi connectivity index (χ3n) is 3.68. The average Bonchev–Trinajstić information content (AvgIpc) is 2.99. The quantitative estimate of drug-likeness (QED) is 0.839. The van der Waals surface area contributed by atoms with Crippen molar-refractivity contribution in [1.29, 1.82) is 0 Å². The van der Waals surface area contributed by atoms with Gasteiger partial charge in [0.1, 0.15) is 0 Å². The second kappa shape index (κ2) is 5.98. The van der Waals surface area contributed by atoms with E-state index in [0.717, 1.165) is 40.2 Å². The van der Waals surface area contributed by atoms with Crippen LogP contribution in [-0.4, -0.2) is 51.4 Å². The molecule has 0 radical (unpaired) electrons. The molecule has 7 heteroatoms. The number of carboxylic acid groups (broad SMARTS) is 1. The van der Waals surface area contributed by atoms with Crippen LogP contribution in [-0.2, 0) is 4.79 Å². The topological polar surface area (TPSA) is 58.4 Å². The first kappa shape index (κ1) is 14.9. The van der Waals surface area contributed by atoms with Crippen LogP contribution in [0.25, 0.3) is 11.0 Å². The Hall–Kier alpha value is -1.05. The summed E-state index contributed by atoms with van der Waals surface area (Å²) in [5.74, 6) is -0.782. The van der Waals surface area contributed by atoms with E-state index < -0.39 is 5.97 Å². The van der Waals surface area contributed by atoms with Crippen LogP contribution in [0, 0.1) is 0 Å². The zero-order valence-electron chi connectivity index (χ0n) is 11.6. The lowest BCUT2D eigenvalue weighted by Crippen LogP contribution is -2.17. The molecule has 2 heterocycles. The maximum atomic E-state index is 10.9. The summed E-state index contributed by atoms with van der Waals surface area (Å²) < 4.78 is 3.22. The number of benzene rings is 1. The molecule has 0 saturated carbocycles. The molecule has 2 aromatic rings. The van der Waals surface area contributed by atoms with Crippen LogP contribution in [0.2, 0.25) is 0 Å². The Bertz CT molecular complexity index is 688. The molecule has 0 bridgehead atoms. The number of carbonyl (C=O) groups is 1. The molecule has 0 spiro atoms. The third-order valence-corrected chi connectivity index (χ3v) is 5.11. The number of nitrogens with zero attached hydrogens (tertiary/aromatic N) is 3. The molecule has 1 fully saturated rings. The zero-order valence-corrected chi connectivity index (χ0v) is 14.0. The van der Waals surface area contributed by atoms with Gasteiger partial charge >= 0.3 is 5.97 Å². The number of halogens is 1. The summed E-state index contributed by atoms with van der Waals surface area (Å²) in [5.41, 5.74) is 1.98. The number of hydrogen-bond acceptors (Lipinski definition) is 4. The highest BCUT2D eigenvalue weighted by Gasteiger charge is 2.26. The van der Waals surface area contributed by atoms with Crippen LogP contribution in [0.5, 0.6) is 0 Å². The van der Waals surface area contributed by atoms with Crippen LogP contribution in [0.3, 0.4) is 0 Å². The Morgan fingerprint density at radius 1 is 1.57 bits per heavy atom. The molecule has 1 atom stereocenters. The molecular weight excluding hydrogens is 354 g/mol. The molecule has 0 amide bonds. The van der Waals surface area contributed by atoms with Crippen molar-refractivity contribution in [2.45, 2.75) is 17.6 Å². The van der Waals surface area contributed by atoms with Crippen molar-refractivity contribution in [3.63, 3.8) is 0 Å². The van der Waals surface area contributed by atoms with Crippen LogP contribution < -0.4 is 0 Å². The number of aromatic nitrogens is 2. The Labute approximate surface area is 135 Å². The fraction of sp³-hybridized carbons (Fsp3) is 0.429. The standard InChI is InChI=1S/C14H16BrN3O2S/c1-17-5-4-10(7-17)18-12-6-9(15)2-3-11(12)16-14(18)21-8-13(19)20/h2-3,6,10H,4-5,7-8H2,1H3,(H,19,20). The van der Waals surface area contributed by atoms with Gasteiger partial charge in [-0.25, -0.2) is 4.98 Å². The summed E-state index contributed by atoms with van der Waals surface area (Å²) >= 11 is 4.80. The predicted molar refractivity (Wildman–Crippen MR) is 86.9 cm³/mol. The molecule has 1 unspecified atom stereocenters. The summed E-state index contributed by atoms with van der Waals surface area (Å²) in [7, 11) is 2.11. The van der Waals surface area contributed by atoms with Gasteiger partial charge < -0.3 is 14.6 Å². The van der Waals surface area contributed by atoms with Gasteiger partial charge in [0.2, 0.25) is 0 Å². The molecule has 5 nitrogen and oxygen atoms in total. The lowest BCUT2D eigenvalue weighted by molar-refractivity contribution is -0.133. The lowest BCUT2D eigenvalue weighted by Gasteiger charge is -2.16. The molecule has 1 saturated heterocycles. The summed E-state index contributed by atoms with van der Waals surface area (Å²) in [6.45, 7) is 2.03. The minimum atomic E-state index is -0.816. The van der Waals surface area contributed by atoms with Gasteiger partial charge in [0, 0.05) is 11.0 Å². The van der Waals surface area contributed by atoms with Crippen molar-refractivity contribution in [2.24, 2.45) is 0 Å². The maximum Gasteiger partial charge on any atom is 0.313 e. The molecule has 1 aliphatic heterocycles. The molecule has 112 valence electrons. The monoisotopic (exact) mass is 369 g/mol. The van der Waals surface area contributed by atoms with Crippen molar-refractivity contribution in [1.82, 2.24) is 14.5 Å². The van der Waals surface area contributed by atoms with Crippen LogP contribution in [0.15, 0.2) is 27.8 Å². The molecule has 1 N–H and O–H groups in total. The molecule has 21 heavy (non-hydrogen) atoms. The van der Waals surface area contributed by atoms with Gasteiger partial charge in [0.25, 0.3) is 0 Å². The molecule has 1 aromatic carbocycles. The highest BCUT2D eigenvalue weighted by atomic mass is 79.9. The molecule has 1 aromatic heterocycles. The zero-order chi connectivity index (χ0) is 15.0. The van der Waals surface area contributed by atoms with Gasteiger partial charge in [-0.15, -0.1) is 0 Å². The largest absolute Gasteiger partial charge is 0.481 e. The number of rotatable bonds is 4. The highest BCUT2D eigenvalue weighted by molar-refractivity contribution is 9.10. The first-order valence-electron chi connectivity index (χ1n) is 6.75. The Morgan fingerprint density at radius 3 is 3.05 bits per heavy atom. The molecular formula is C14H16BrN3O2S. The van der Waals surface area contributed by atoms with Gasteiger partial charge in [0.15, 0.2) is 5.16 Å². The minimum absolute atomic E-state index is 0.0348. The Kier molecular flexibility index (Phi) is 4.24. The van der Waals surface area contributed by atoms with Crippen LogP contribution in [0.4, 0.5) is 0 Å². The normalized spacial score (nSPS) is 19.4. The molecule has 1 aliphatic rings. The van der Waals surface area contributed by atoms with E-state index in [9.17, 15) is 4.79 Å². The predicted octanol–water partition coefficient (Wildman–Crippen LogP) is 2.85. The maximum absolute atomic E-state index is 10.9. The van der Waals surface area contributed by atoms with E-state index in [1.54, 1.807) is 0 Å². The van der Waals surface area contributed by atoms with E-state index >= 15 is 0 Å².